The van der Waals surface area contributed by atoms with Gasteiger partial charge in [-0.1, -0.05) is 62.0 Å². The summed E-state index contributed by atoms with van der Waals surface area (Å²) in [6.07, 6.45) is 1.13. The fourth-order valence-electron chi connectivity index (χ4n) is 5.11. The molecule has 0 amide bonds. The number of ketones is 1. The zero-order valence-electron chi connectivity index (χ0n) is 19.5. The molecule has 178 valence electrons. The van der Waals surface area contributed by atoms with Crippen molar-refractivity contribution in [1.82, 2.24) is 9.97 Å². The van der Waals surface area contributed by atoms with E-state index in [1.165, 1.54) is 11.8 Å². The van der Waals surface area contributed by atoms with Crippen molar-refractivity contribution in [3.8, 4) is 11.5 Å². The van der Waals surface area contributed by atoms with E-state index in [-0.39, 0.29) is 23.6 Å². The molecule has 1 aliphatic carbocycles. The normalized spacial score (nSPS) is 19.7. The van der Waals surface area contributed by atoms with Crippen LogP contribution in [0.25, 0.3) is 0 Å². The molecule has 1 atom stereocenters. The van der Waals surface area contributed by atoms with E-state index < -0.39 is 5.92 Å². The van der Waals surface area contributed by atoms with Gasteiger partial charge in [-0.05, 0) is 35.1 Å². The van der Waals surface area contributed by atoms with Crippen LogP contribution in [0.1, 0.15) is 49.3 Å². The second-order valence-electron chi connectivity index (χ2n) is 9.91. The number of H-pyrrole nitrogens is 1. The van der Waals surface area contributed by atoms with Crippen molar-refractivity contribution >= 4 is 23.4 Å². The van der Waals surface area contributed by atoms with Crippen LogP contribution in [-0.4, -0.2) is 22.5 Å². The average Bonchev–Trinajstić information content (AvgIpc) is 3.29. The molecule has 6 rings (SSSR count). The second kappa shape index (κ2) is 8.30. The first kappa shape index (κ1) is 22.0. The summed E-state index contributed by atoms with van der Waals surface area (Å²) in [5.74, 6) is 2.01. The summed E-state index contributed by atoms with van der Waals surface area (Å²) in [6.45, 7) is 4.34. The standard InChI is InChI=1S/C27H25N3O4S/c1-27(2)11-17-22(18(31)12-27)21(16-8-9-19-20(10-16)34-14-33-19)23-24(28-17)29-26(30-25(23)32)35-13-15-6-4-3-5-7-15/h3-10,21H,11-14H2,1-2H3,(H2,28,29,30,32)/t21-/m1/s1. The van der Waals surface area contributed by atoms with Crippen molar-refractivity contribution in [3.05, 3.63) is 86.8 Å². The highest BCUT2D eigenvalue weighted by Gasteiger charge is 2.42. The van der Waals surface area contributed by atoms with E-state index in [1.807, 2.05) is 48.5 Å². The largest absolute Gasteiger partial charge is 0.454 e. The van der Waals surface area contributed by atoms with Gasteiger partial charge < -0.3 is 19.8 Å². The van der Waals surface area contributed by atoms with Gasteiger partial charge in [-0.2, -0.15) is 0 Å². The fraction of sp³-hybridized carbons (Fsp3) is 0.296. The predicted octanol–water partition coefficient (Wildman–Crippen LogP) is 4.99. The number of aromatic nitrogens is 2. The van der Waals surface area contributed by atoms with E-state index in [2.05, 4.69) is 24.1 Å². The highest BCUT2D eigenvalue weighted by molar-refractivity contribution is 7.98. The zero-order chi connectivity index (χ0) is 24.2. The lowest BCUT2D eigenvalue weighted by Gasteiger charge is -2.38. The topological polar surface area (TPSA) is 93.3 Å². The van der Waals surface area contributed by atoms with E-state index >= 15 is 0 Å². The minimum absolute atomic E-state index is 0.0546. The van der Waals surface area contributed by atoms with E-state index in [0.717, 1.165) is 16.8 Å². The molecule has 8 heteroatoms. The maximum Gasteiger partial charge on any atom is 0.257 e. The number of thioether (sulfide) groups is 1. The monoisotopic (exact) mass is 487 g/mol. The van der Waals surface area contributed by atoms with Crippen LogP contribution in [0.15, 0.2) is 69.8 Å². The number of allylic oxidation sites excluding steroid dienone is 2. The number of nitrogens with zero attached hydrogens (tertiary/aromatic N) is 1. The molecular weight excluding hydrogens is 462 g/mol. The molecule has 0 saturated carbocycles. The minimum atomic E-state index is -0.524. The van der Waals surface area contributed by atoms with Crippen molar-refractivity contribution in [2.45, 2.75) is 43.5 Å². The number of Topliss-reactive ketones (excluding diaryl/α,β-unsaturated/α-hetero) is 1. The van der Waals surface area contributed by atoms with Crippen LogP contribution in [0, 0.1) is 5.41 Å². The lowest BCUT2D eigenvalue weighted by atomic mass is 9.69. The van der Waals surface area contributed by atoms with Crippen LogP contribution in [-0.2, 0) is 10.5 Å². The van der Waals surface area contributed by atoms with Crippen molar-refractivity contribution in [2.75, 3.05) is 12.1 Å². The molecular formula is C27H25N3O4S. The number of hydrogen-bond acceptors (Lipinski definition) is 7. The molecule has 0 radical (unpaired) electrons. The zero-order valence-corrected chi connectivity index (χ0v) is 20.3. The molecule has 2 aromatic carbocycles. The van der Waals surface area contributed by atoms with Gasteiger partial charge in [0.2, 0.25) is 6.79 Å². The Hall–Kier alpha value is -3.52. The van der Waals surface area contributed by atoms with Crippen LogP contribution >= 0.6 is 11.8 Å². The quantitative estimate of drug-likeness (QED) is 0.395. The van der Waals surface area contributed by atoms with Gasteiger partial charge in [-0.3, -0.25) is 9.59 Å². The van der Waals surface area contributed by atoms with Crippen molar-refractivity contribution in [3.63, 3.8) is 0 Å². The maximum absolute atomic E-state index is 13.5. The lowest BCUT2D eigenvalue weighted by molar-refractivity contribution is -0.118. The summed E-state index contributed by atoms with van der Waals surface area (Å²) in [7, 11) is 0. The molecule has 0 fully saturated rings. The SMILES string of the molecule is CC1(C)CC(=O)C2=C(C1)Nc1nc(SCc3ccccc3)[nH]c(=O)c1[C@@H]2c1ccc2c(c1)OCO2. The molecule has 7 nitrogen and oxygen atoms in total. The van der Waals surface area contributed by atoms with Crippen molar-refractivity contribution < 1.29 is 14.3 Å². The Kier molecular flexibility index (Phi) is 5.21. The van der Waals surface area contributed by atoms with Crippen LogP contribution in [0.2, 0.25) is 0 Å². The number of nitrogens with one attached hydrogen (secondary N) is 2. The van der Waals surface area contributed by atoms with E-state index in [1.54, 1.807) is 0 Å². The summed E-state index contributed by atoms with van der Waals surface area (Å²) in [4.78, 5) is 34.6. The number of hydrogen-bond donors (Lipinski definition) is 2. The molecule has 3 aliphatic rings. The van der Waals surface area contributed by atoms with Gasteiger partial charge in [0.1, 0.15) is 5.82 Å². The highest BCUT2D eigenvalue weighted by atomic mass is 32.2. The molecule has 0 saturated heterocycles. The van der Waals surface area contributed by atoms with Crippen LogP contribution in [0.4, 0.5) is 5.82 Å². The first-order valence-electron chi connectivity index (χ1n) is 11.6. The van der Waals surface area contributed by atoms with Crippen LogP contribution in [0.3, 0.4) is 0 Å². The number of anilines is 1. The predicted molar refractivity (Wildman–Crippen MR) is 134 cm³/mol. The van der Waals surface area contributed by atoms with Gasteiger partial charge in [-0.25, -0.2) is 4.98 Å². The van der Waals surface area contributed by atoms with Gasteiger partial charge in [0.05, 0.1) is 5.56 Å². The number of aromatic amines is 1. The molecule has 35 heavy (non-hydrogen) atoms. The molecule has 3 aromatic rings. The Morgan fingerprint density at radius 1 is 1.06 bits per heavy atom. The van der Waals surface area contributed by atoms with E-state index in [0.29, 0.717) is 52.2 Å². The Bertz CT molecular complexity index is 1430. The van der Waals surface area contributed by atoms with Crippen molar-refractivity contribution in [1.29, 1.82) is 0 Å². The third-order valence-corrected chi connectivity index (χ3v) is 7.59. The lowest BCUT2D eigenvalue weighted by Crippen LogP contribution is -2.37. The Labute approximate surface area is 207 Å². The van der Waals surface area contributed by atoms with E-state index in [4.69, 9.17) is 14.5 Å². The third-order valence-electron chi connectivity index (χ3n) is 6.65. The molecule has 2 N–H and O–H groups in total. The van der Waals surface area contributed by atoms with Gasteiger partial charge in [0.15, 0.2) is 22.4 Å². The van der Waals surface area contributed by atoms with Crippen LogP contribution < -0.4 is 20.3 Å². The summed E-state index contributed by atoms with van der Waals surface area (Å²) in [5.41, 5.74) is 3.49. The molecule has 2 aliphatic heterocycles. The Morgan fingerprint density at radius 2 is 1.86 bits per heavy atom. The summed E-state index contributed by atoms with van der Waals surface area (Å²) >= 11 is 1.48. The molecule has 1 aromatic heterocycles. The second-order valence-corrected chi connectivity index (χ2v) is 10.9. The Balaban J connectivity index is 1.45. The summed E-state index contributed by atoms with van der Waals surface area (Å²) in [5, 5.41) is 3.92. The molecule has 0 bridgehead atoms. The van der Waals surface area contributed by atoms with Crippen molar-refractivity contribution in [2.24, 2.45) is 5.41 Å². The average molecular weight is 488 g/mol. The van der Waals surface area contributed by atoms with E-state index in [9.17, 15) is 9.59 Å². The van der Waals surface area contributed by atoms with Gasteiger partial charge in [-0.15, -0.1) is 0 Å². The third kappa shape index (κ3) is 4.01. The summed E-state index contributed by atoms with van der Waals surface area (Å²) < 4.78 is 11.1. The number of rotatable bonds is 4. The number of carbonyl (C=O) groups excluding carboxylic acids is 1. The van der Waals surface area contributed by atoms with Gasteiger partial charge in [0.25, 0.3) is 5.56 Å². The number of ether oxygens (including phenoxy) is 2. The first-order valence-corrected chi connectivity index (χ1v) is 12.6. The van der Waals surface area contributed by atoms with Crippen LogP contribution in [0.5, 0.6) is 11.5 Å². The summed E-state index contributed by atoms with van der Waals surface area (Å²) in [6, 6.07) is 15.7. The molecule has 3 heterocycles. The van der Waals surface area contributed by atoms with Gasteiger partial charge in [0, 0.05) is 29.4 Å². The first-order chi connectivity index (χ1) is 16.9. The number of carbonyl (C=O) groups is 1. The fourth-order valence-corrected chi connectivity index (χ4v) is 5.93. The maximum atomic E-state index is 13.5. The minimum Gasteiger partial charge on any atom is -0.454 e. The number of fused-ring (bicyclic) bond motifs is 2. The highest BCUT2D eigenvalue weighted by Crippen LogP contribution is 2.49. The Morgan fingerprint density at radius 3 is 2.69 bits per heavy atom. The number of benzene rings is 2. The smallest absolute Gasteiger partial charge is 0.257 e. The molecule has 0 spiro atoms. The molecule has 0 unspecified atom stereocenters. The van der Waals surface area contributed by atoms with Gasteiger partial charge >= 0.3 is 0 Å².